The van der Waals surface area contributed by atoms with Gasteiger partial charge in [0.25, 0.3) is 0 Å². The molecule has 1 atom stereocenters. The minimum Gasteiger partial charge on any atom is -0.324 e. The first-order chi connectivity index (χ1) is 8.56. The fourth-order valence-electron chi connectivity index (χ4n) is 1.89. The number of hydrogen-bond acceptors (Lipinski definition) is 3. The Morgan fingerprint density at radius 1 is 1.39 bits per heavy atom. The summed E-state index contributed by atoms with van der Waals surface area (Å²) in [6, 6.07) is 6.40. The number of benzene rings is 1. The Balaban J connectivity index is 2.23. The van der Waals surface area contributed by atoms with Crippen LogP contribution in [0.3, 0.4) is 0 Å². The van der Waals surface area contributed by atoms with Gasteiger partial charge < -0.3 is 5.73 Å². The molecule has 18 heavy (non-hydrogen) atoms. The third kappa shape index (κ3) is 2.90. The monoisotopic (exact) mass is 245 g/mol. The van der Waals surface area contributed by atoms with Gasteiger partial charge in [0.2, 0.25) is 0 Å². The summed E-state index contributed by atoms with van der Waals surface area (Å²) < 4.78 is 13.1. The van der Waals surface area contributed by atoms with Gasteiger partial charge >= 0.3 is 0 Å². The number of rotatable bonds is 3. The van der Waals surface area contributed by atoms with Gasteiger partial charge in [-0.3, -0.25) is 0 Å². The van der Waals surface area contributed by atoms with Crippen LogP contribution in [-0.2, 0) is 6.42 Å². The van der Waals surface area contributed by atoms with E-state index < -0.39 is 0 Å². The number of halogens is 1. The molecule has 2 aromatic rings. The number of hydrogen-bond donors (Lipinski definition) is 1. The van der Waals surface area contributed by atoms with Crippen LogP contribution in [-0.4, -0.2) is 9.97 Å². The molecule has 0 fully saturated rings. The van der Waals surface area contributed by atoms with Crippen molar-refractivity contribution < 1.29 is 4.39 Å². The highest BCUT2D eigenvalue weighted by Crippen LogP contribution is 2.14. The molecule has 0 saturated heterocycles. The molecule has 0 spiro atoms. The number of aromatic nitrogens is 2. The van der Waals surface area contributed by atoms with E-state index in [0.29, 0.717) is 12.2 Å². The molecule has 0 aliphatic rings. The smallest absolute Gasteiger partial charge is 0.132 e. The van der Waals surface area contributed by atoms with Crippen LogP contribution in [0.15, 0.2) is 30.5 Å². The molecule has 3 nitrogen and oxygen atoms in total. The maximum absolute atomic E-state index is 13.1. The summed E-state index contributed by atoms with van der Waals surface area (Å²) in [5.74, 6) is 0.443. The molecule has 1 aromatic carbocycles. The van der Waals surface area contributed by atoms with Crippen molar-refractivity contribution in [2.24, 2.45) is 5.73 Å². The van der Waals surface area contributed by atoms with E-state index in [4.69, 9.17) is 5.73 Å². The molecule has 0 radical (unpaired) electrons. The molecule has 2 N–H and O–H groups in total. The van der Waals surface area contributed by atoms with E-state index in [1.165, 1.54) is 12.1 Å². The molecular weight excluding hydrogens is 229 g/mol. The van der Waals surface area contributed by atoms with Crippen LogP contribution in [0.4, 0.5) is 4.39 Å². The zero-order valence-corrected chi connectivity index (χ0v) is 10.5. The van der Waals surface area contributed by atoms with E-state index in [0.717, 1.165) is 16.8 Å². The molecule has 0 aliphatic carbocycles. The first-order valence-corrected chi connectivity index (χ1v) is 5.88. The van der Waals surface area contributed by atoms with E-state index in [1.807, 2.05) is 19.9 Å². The van der Waals surface area contributed by atoms with Gasteiger partial charge in [-0.1, -0.05) is 12.1 Å². The van der Waals surface area contributed by atoms with Gasteiger partial charge in [-0.2, -0.15) is 0 Å². The zero-order valence-electron chi connectivity index (χ0n) is 10.5. The highest BCUT2D eigenvalue weighted by atomic mass is 19.1. The number of nitrogens with two attached hydrogens (primary N) is 1. The van der Waals surface area contributed by atoms with E-state index in [2.05, 4.69) is 9.97 Å². The molecule has 1 aromatic heterocycles. The quantitative estimate of drug-likeness (QED) is 0.904. The summed E-state index contributed by atoms with van der Waals surface area (Å²) in [5.41, 5.74) is 8.49. The molecule has 0 saturated carbocycles. The standard InChI is InChI=1S/C14H16FN3/c1-9(16)13-8-17-14(18-10(13)2)7-11-4-3-5-12(15)6-11/h3-6,8-9H,7,16H2,1-2H3. The molecule has 0 bridgehead atoms. The van der Waals surface area contributed by atoms with Crippen LogP contribution >= 0.6 is 0 Å². The molecule has 94 valence electrons. The summed E-state index contributed by atoms with van der Waals surface area (Å²) in [5, 5.41) is 0. The first-order valence-electron chi connectivity index (χ1n) is 5.88. The predicted octanol–water partition coefficient (Wildman–Crippen LogP) is 2.53. The molecular formula is C14H16FN3. The van der Waals surface area contributed by atoms with Gasteiger partial charge in [0.15, 0.2) is 0 Å². The molecule has 1 heterocycles. The highest BCUT2D eigenvalue weighted by Gasteiger charge is 2.07. The minimum absolute atomic E-state index is 0.0757. The van der Waals surface area contributed by atoms with Crippen molar-refractivity contribution in [1.82, 2.24) is 9.97 Å². The Kier molecular flexibility index (Phi) is 3.67. The SMILES string of the molecule is Cc1nc(Cc2cccc(F)c2)ncc1C(C)N. The second-order valence-corrected chi connectivity index (χ2v) is 4.42. The number of nitrogens with zero attached hydrogens (tertiary/aromatic N) is 2. The summed E-state index contributed by atoms with van der Waals surface area (Å²) in [6.45, 7) is 3.81. The second kappa shape index (κ2) is 5.23. The van der Waals surface area contributed by atoms with Gasteiger partial charge in [-0.15, -0.1) is 0 Å². The Morgan fingerprint density at radius 3 is 2.78 bits per heavy atom. The van der Waals surface area contributed by atoms with Gasteiger partial charge in [-0.25, -0.2) is 14.4 Å². The van der Waals surface area contributed by atoms with E-state index in [-0.39, 0.29) is 11.9 Å². The van der Waals surface area contributed by atoms with E-state index in [9.17, 15) is 4.39 Å². The summed E-state index contributed by atoms with van der Waals surface area (Å²) in [4.78, 5) is 8.68. The lowest BCUT2D eigenvalue weighted by atomic mass is 10.1. The van der Waals surface area contributed by atoms with Crippen molar-refractivity contribution in [3.63, 3.8) is 0 Å². The van der Waals surface area contributed by atoms with Crippen molar-refractivity contribution in [1.29, 1.82) is 0 Å². The third-order valence-electron chi connectivity index (χ3n) is 2.81. The normalized spacial score (nSPS) is 12.4. The van der Waals surface area contributed by atoms with Crippen molar-refractivity contribution in [2.75, 3.05) is 0 Å². The molecule has 0 aliphatic heterocycles. The Bertz CT molecular complexity index is 552. The van der Waals surface area contributed by atoms with Gasteiger partial charge in [0.1, 0.15) is 11.6 Å². The largest absolute Gasteiger partial charge is 0.324 e. The maximum Gasteiger partial charge on any atom is 0.132 e. The Morgan fingerprint density at radius 2 is 2.17 bits per heavy atom. The van der Waals surface area contributed by atoms with Crippen LogP contribution in [0.25, 0.3) is 0 Å². The van der Waals surface area contributed by atoms with Crippen LogP contribution in [0.1, 0.15) is 35.6 Å². The summed E-state index contributed by atoms with van der Waals surface area (Å²) >= 11 is 0. The Labute approximate surface area is 106 Å². The molecule has 1 unspecified atom stereocenters. The van der Waals surface area contributed by atoms with Crippen molar-refractivity contribution >= 4 is 0 Å². The summed E-state index contributed by atoms with van der Waals surface area (Å²) in [7, 11) is 0. The number of aryl methyl sites for hydroxylation is 1. The topological polar surface area (TPSA) is 51.8 Å². The van der Waals surface area contributed by atoms with Crippen molar-refractivity contribution in [3.8, 4) is 0 Å². The fourth-order valence-corrected chi connectivity index (χ4v) is 1.89. The zero-order chi connectivity index (χ0) is 13.1. The fraction of sp³-hybridized carbons (Fsp3) is 0.286. The van der Waals surface area contributed by atoms with E-state index in [1.54, 1.807) is 12.3 Å². The predicted molar refractivity (Wildman–Crippen MR) is 68.6 cm³/mol. The van der Waals surface area contributed by atoms with Crippen LogP contribution in [0.2, 0.25) is 0 Å². The molecule has 0 amide bonds. The highest BCUT2D eigenvalue weighted by molar-refractivity contribution is 5.23. The van der Waals surface area contributed by atoms with E-state index >= 15 is 0 Å². The van der Waals surface area contributed by atoms with Crippen LogP contribution < -0.4 is 5.73 Å². The first kappa shape index (κ1) is 12.6. The summed E-state index contributed by atoms with van der Waals surface area (Å²) in [6.07, 6.45) is 2.28. The van der Waals surface area contributed by atoms with Gasteiger partial charge in [0, 0.05) is 29.9 Å². The van der Waals surface area contributed by atoms with Crippen LogP contribution in [0, 0.1) is 12.7 Å². The van der Waals surface area contributed by atoms with Crippen molar-refractivity contribution in [3.05, 3.63) is 58.9 Å². The average Bonchev–Trinajstić information content (AvgIpc) is 2.28. The minimum atomic E-state index is -0.239. The lowest BCUT2D eigenvalue weighted by molar-refractivity contribution is 0.625. The lowest BCUT2D eigenvalue weighted by Gasteiger charge is -2.09. The lowest BCUT2D eigenvalue weighted by Crippen LogP contribution is -2.10. The molecule has 4 heteroatoms. The second-order valence-electron chi connectivity index (χ2n) is 4.42. The Hall–Kier alpha value is -1.81. The molecule has 2 rings (SSSR count). The average molecular weight is 245 g/mol. The third-order valence-corrected chi connectivity index (χ3v) is 2.81. The van der Waals surface area contributed by atoms with Crippen LogP contribution in [0.5, 0.6) is 0 Å². The maximum atomic E-state index is 13.1. The van der Waals surface area contributed by atoms with Crippen molar-refractivity contribution in [2.45, 2.75) is 26.3 Å². The van der Waals surface area contributed by atoms with Gasteiger partial charge in [0.05, 0.1) is 0 Å². The van der Waals surface area contributed by atoms with Gasteiger partial charge in [-0.05, 0) is 31.5 Å².